The van der Waals surface area contributed by atoms with Crippen molar-refractivity contribution < 1.29 is 76.8 Å². The minimum absolute atomic E-state index is 0. The number of aliphatic hydroxyl groups is 3. The van der Waals surface area contributed by atoms with Gasteiger partial charge in [0.2, 0.25) is 23.6 Å². The third kappa shape index (κ3) is 18.1. The smallest absolute Gasteiger partial charge is 0.268 e. The summed E-state index contributed by atoms with van der Waals surface area (Å²) in [6, 6.07) is -2.71. The SMILES string of the molecule is O=C1CNC(=O)CNC(=O)C(CCCN(O)CO)=NC(=O)[C@H](CCCN(O)CO)NC(=O)[C@H](CCCN(O)CO)NC(=O)CN1.[Fe]. The Morgan fingerprint density at radius 3 is 1.61 bits per heavy atom. The van der Waals surface area contributed by atoms with Crippen LogP contribution in [-0.2, 0) is 45.8 Å². The first-order valence-corrected chi connectivity index (χ1v) is 14.1. The van der Waals surface area contributed by atoms with Gasteiger partial charge in [0, 0.05) is 36.7 Å². The van der Waals surface area contributed by atoms with Crippen LogP contribution in [-0.4, -0.2) is 159 Å². The first-order chi connectivity index (χ1) is 21.4. The predicted molar refractivity (Wildman–Crippen MR) is 150 cm³/mol. The molecule has 0 saturated heterocycles. The molecule has 1 rings (SSSR count). The van der Waals surface area contributed by atoms with Gasteiger partial charge in [-0.05, 0) is 38.5 Å². The second kappa shape index (κ2) is 24.1. The number of nitrogens with one attached hydrogen (secondary N) is 5. The van der Waals surface area contributed by atoms with Crippen LogP contribution < -0.4 is 26.6 Å². The van der Waals surface area contributed by atoms with Gasteiger partial charge in [-0.2, -0.15) is 15.2 Å². The number of aliphatic hydroxyl groups excluding tert-OH is 3. The molecule has 6 amide bonds. The van der Waals surface area contributed by atoms with Gasteiger partial charge < -0.3 is 57.5 Å². The Hall–Kier alpha value is -3.15. The van der Waals surface area contributed by atoms with Crippen LogP contribution >= 0.6 is 0 Å². The summed E-state index contributed by atoms with van der Waals surface area (Å²) < 4.78 is 0. The van der Waals surface area contributed by atoms with Crippen molar-refractivity contribution in [3.63, 3.8) is 0 Å². The van der Waals surface area contributed by atoms with Crippen molar-refractivity contribution in [3.8, 4) is 0 Å². The maximum atomic E-state index is 13.3. The summed E-state index contributed by atoms with van der Waals surface area (Å²) >= 11 is 0. The standard InChI is InChI=1S/C24H43N9O12.Fe/c34-13-31(43)7-1-4-16-22(40)27-11-20(38)25-10-19(37)26-12-21(39)28-17(5-2-8-32(44)14-35)23(41)30-18(24(42)29-16)6-3-9-33(45)15-36;/h17-18,34-36,43-45H,1-15H2,(H,25,38)(H,26,37)(H,27,40)(H,28,39)(H,30,41);/t17-,18-;/m0./s1. The predicted octanol–water partition coefficient (Wildman–Crippen LogP) is -5.45. The number of hydrogen-bond acceptors (Lipinski definition) is 15. The molecule has 2 atom stereocenters. The number of amides is 6. The molecule has 46 heavy (non-hydrogen) atoms. The van der Waals surface area contributed by atoms with Crippen molar-refractivity contribution in [2.45, 2.75) is 50.6 Å². The summed E-state index contributed by atoms with van der Waals surface area (Å²) in [6.45, 7) is -4.18. The van der Waals surface area contributed by atoms with E-state index >= 15 is 0 Å². The first kappa shape index (κ1) is 42.8. The summed E-state index contributed by atoms with van der Waals surface area (Å²) in [5, 5.41) is 68.9. The van der Waals surface area contributed by atoms with Crippen molar-refractivity contribution in [2.24, 2.45) is 4.99 Å². The van der Waals surface area contributed by atoms with E-state index in [-0.39, 0.29) is 80.9 Å². The summed E-state index contributed by atoms with van der Waals surface area (Å²) in [6.07, 6.45) is -0.299. The van der Waals surface area contributed by atoms with Crippen LogP contribution in [0.15, 0.2) is 4.99 Å². The van der Waals surface area contributed by atoms with Crippen LogP contribution in [0.25, 0.3) is 0 Å². The van der Waals surface area contributed by atoms with Crippen LogP contribution in [0.5, 0.6) is 0 Å². The minimum atomic E-state index is -1.41. The Kier molecular flexibility index (Phi) is 22.4. The molecule has 0 aromatic carbocycles. The Morgan fingerprint density at radius 2 is 1.09 bits per heavy atom. The van der Waals surface area contributed by atoms with Gasteiger partial charge in [-0.25, -0.2) is 4.99 Å². The van der Waals surface area contributed by atoms with Crippen LogP contribution in [0.3, 0.4) is 0 Å². The minimum Gasteiger partial charge on any atom is -0.379 e. The molecule has 0 unspecified atom stereocenters. The van der Waals surface area contributed by atoms with E-state index in [2.05, 4.69) is 31.6 Å². The molecule has 0 saturated carbocycles. The van der Waals surface area contributed by atoms with Gasteiger partial charge in [0.1, 0.15) is 38.0 Å². The van der Waals surface area contributed by atoms with E-state index in [4.69, 9.17) is 15.3 Å². The number of nitrogens with zero attached hydrogens (tertiary/aromatic N) is 4. The summed E-state index contributed by atoms with van der Waals surface area (Å²) in [5.41, 5.74) is -0.381. The van der Waals surface area contributed by atoms with E-state index in [0.29, 0.717) is 15.2 Å². The van der Waals surface area contributed by atoms with Crippen LogP contribution in [0, 0.1) is 0 Å². The number of carbonyl (C=O) groups is 6. The van der Waals surface area contributed by atoms with Gasteiger partial charge >= 0.3 is 0 Å². The Balaban J connectivity index is 0.0000202. The van der Waals surface area contributed by atoms with Gasteiger partial charge in [0.15, 0.2) is 0 Å². The van der Waals surface area contributed by atoms with Crippen molar-refractivity contribution in [1.29, 1.82) is 0 Å². The van der Waals surface area contributed by atoms with E-state index in [1.807, 2.05) is 0 Å². The Morgan fingerprint density at radius 1 is 0.630 bits per heavy atom. The molecule has 22 heteroatoms. The number of hydroxylamine groups is 6. The second-order valence-electron chi connectivity index (χ2n) is 9.82. The summed E-state index contributed by atoms with van der Waals surface area (Å²) in [4.78, 5) is 80.2. The largest absolute Gasteiger partial charge is 0.379 e. The molecule has 1 aliphatic heterocycles. The van der Waals surface area contributed by atoms with Gasteiger partial charge in [-0.15, -0.1) is 0 Å². The molecule has 1 heterocycles. The van der Waals surface area contributed by atoms with Crippen molar-refractivity contribution >= 4 is 41.2 Å². The van der Waals surface area contributed by atoms with E-state index in [9.17, 15) is 44.4 Å². The van der Waals surface area contributed by atoms with E-state index in [0.717, 1.165) is 0 Å². The summed E-state index contributed by atoms with van der Waals surface area (Å²) in [5.74, 6) is -5.13. The van der Waals surface area contributed by atoms with Crippen LogP contribution in [0.2, 0.25) is 0 Å². The van der Waals surface area contributed by atoms with E-state index < -0.39 is 87.4 Å². The number of carbonyl (C=O) groups excluding carboxylic acids is 6. The van der Waals surface area contributed by atoms with Gasteiger partial charge in [-0.1, -0.05) is 0 Å². The van der Waals surface area contributed by atoms with Crippen LogP contribution in [0.4, 0.5) is 0 Å². The molecule has 264 valence electrons. The fourth-order valence-corrected chi connectivity index (χ4v) is 3.82. The van der Waals surface area contributed by atoms with Crippen molar-refractivity contribution in [3.05, 3.63) is 0 Å². The zero-order valence-electron chi connectivity index (χ0n) is 25.0. The molecule has 0 spiro atoms. The third-order valence-corrected chi connectivity index (χ3v) is 6.21. The number of hydrogen-bond donors (Lipinski definition) is 11. The van der Waals surface area contributed by atoms with Gasteiger partial charge in [0.05, 0.1) is 19.6 Å². The quantitative estimate of drug-likeness (QED) is 0.0430. The molecule has 11 N–H and O–H groups in total. The van der Waals surface area contributed by atoms with Crippen LogP contribution in [0.1, 0.15) is 38.5 Å². The monoisotopic (exact) mass is 705 g/mol. The summed E-state index contributed by atoms with van der Waals surface area (Å²) in [7, 11) is 0. The molecule has 0 aliphatic carbocycles. The van der Waals surface area contributed by atoms with Gasteiger partial charge in [0.25, 0.3) is 11.8 Å². The molecular formula is C24H43FeN9O12. The maximum absolute atomic E-state index is 13.3. The van der Waals surface area contributed by atoms with Crippen molar-refractivity contribution in [2.75, 3.05) is 59.5 Å². The van der Waals surface area contributed by atoms with Gasteiger partial charge in [-0.3, -0.25) is 28.8 Å². The zero-order chi connectivity index (χ0) is 33.8. The average molecular weight is 706 g/mol. The molecule has 0 aromatic heterocycles. The zero-order valence-corrected chi connectivity index (χ0v) is 26.1. The average Bonchev–Trinajstić information content (AvgIpc) is 3.02. The normalized spacial score (nSPS) is 19.4. The topological polar surface area (TPSA) is 306 Å². The third-order valence-electron chi connectivity index (χ3n) is 6.21. The molecule has 0 fully saturated rings. The first-order valence-electron chi connectivity index (χ1n) is 14.1. The fourth-order valence-electron chi connectivity index (χ4n) is 3.82. The molecule has 1 aliphatic rings. The number of rotatable bonds is 15. The second-order valence-corrected chi connectivity index (χ2v) is 9.82. The number of aliphatic imine (C=N–C) groups is 1. The maximum Gasteiger partial charge on any atom is 0.268 e. The molecule has 0 bridgehead atoms. The Labute approximate surface area is 274 Å². The fraction of sp³-hybridized carbons (Fsp3) is 0.708. The molecule has 0 radical (unpaired) electrons. The molecular weight excluding hydrogens is 662 g/mol. The molecule has 0 aromatic rings. The van der Waals surface area contributed by atoms with E-state index in [1.54, 1.807) is 0 Å². The Bertz CT molecular complexity index is 1040. The molecule has 21 nitrogen and oxygen atoms in total. The van der Waals surface area contributed by atoms with E-state index in [1.165, 1.54) is 0 Å². The van der Waals surface area contributed by atoms with Crippen molar-refractivity contribution in [1.82, 2.24) is 41.8 Å².